The van der Waals surface area contributed by atoms with E-state index in [4.69, 9.17) is 9.84 Å². The summed E-state index contributed by atoms with van der Waals surface area (Å²) < 4.78 is 9.04. The third-order valence-corrected chi connectivity index (χ3v) is 2.74. The number of hydrogen-bond acceptors (Lipinski definition) is 4. The molecule has 1 aromatic carbocycles. The molecule has 14 heavy (non-hydrogen) atoms. The summed E-state index contributed by atoms with van der Waals surface area (Å²) in [4.78, 5) is 11.0. The Labute approximate surface area is 83.9 Å². The largest absolute Gasteiger partial charge is 0.497 e. The summed E-state index contributed by atoms with van der Waals surface area (Å²) in [6.45, 7) is 0. The predicted molar refractivity (Wildman–Crippen MR) is 53.1 cm³/mol. The van der Waals surface area contributed by atoms with Crippen LogP contribution >= 0.6 is 11.5 Å². The molecule has 0 spiro atoms. The molecule has 4 nitrogen and oxygen atoms in total. The molecule has 1 aromatic heterocycles. The molecule has 0 aliphatic rings. The lowest BCUT2D eigenvalue weighted by Crippen LogP contribution is -1.91. The molecule has 0 unspecified atom stereocenters. The van der Waals surface area contributed by atoms with E-state index in [0.717, 1.165) is 11.5 Å². The second-order valence-corrected chi connectivity index (χ2v) is 3.47. The van der Waals surface area contributed by atoms with Crippen LogP contribution < -0.4 is 4.74 Å². The fourth-order valence-corrected chi connectivity index (χ4v) is 1.89. The first-order chi connectivity index (χ1) is 6.72. The van der Waals surface area contributed by atoms with Crippen LogP contribution in [-0.2, 0) is 0 Å². The van der Waals surface area contributed by atoms with Gasteiger partial charge in [0.15, 0.2) is 0 Å². The number of aromatic carboxylic acids is 1. The van der Waals surface area contributed by atoms with E-state index in [9.17, 15) is 4.79 Å². The van der Waals surface area contributed by atoms with E-state index in [1.165, 1.54) is 0 Å². The van der Waals surface area contributed by atoms with E-state index in [1.807, 2.05) is 0 Å². The van der Waals surface area contributed by atoms with Gasteiger partial charge >= 0.3 is 5.97 Å². The van der Waals surface area contributed by atoms with Crippen LogP contribution in [0.3, 0.4) is 0 Å². The standard InChI is InChI=1S/C9H7NO3S/c1-13-5-2-3-6-7(4-5)10-14-8(6)9(11)12/h2-4H,1H3,(H,11,12). The maximum atomic E-state index is 10.8. The van der Waals surface area contributed by atoms with Crippen molar-refractivity contribution in [2.45, 2.75) is 0 Å². The number of carbonyl (C=O) groups is 1. The van der Waals surface area contributed by atoms with Gasteiger partial charge in [0.1, 0.15) is 10.6 Å². The molecule has 0 radical (unpaired) electrons. The van der Waals surface area contributed by atoms with Crippen molar-refractivity contribution in [1.82, 2.24) is 4.37 Å². The van der Waals surface area contributed by atoms with Gasteiger partial charge in [0, 0.05) is 11.5 Å². The average molecular weight is 209 g/mol. The molecule has 0 bridgehead atoms. The number of fused-ring (bicyclic) bond motifs is 1. The van der Waals surface area contributed by atoms with Crippen molar-refractivity contribution >= 4 is 28.4 Å². The van der Waals surface area contributed by atoms with Crippen LogP contribution in [0.2, 0.25) is 0 Å². The second kappa shape index (κ2) is 3.26. The summed E-state index contributed by atoms with van der Waals surface area (Å²) in [5, 5.41) is 9.49. The van der Waals surface area contributed by atoms with E-state index >= 15 is 0 Å². The lowest BCUT2D eigenvalue weighted by molar-refractivity contribution is 0.0704. The Bertz CT molecular complexity index is 492. The summed E-state index contributed by atoms with van der Waals surface area (Å²) in [7, 11) is 1.56. The van der Waals surface area contributed by atoms with Crippen LogP contribution in [0.15, 0.2) is 18.2 Å². The molecule has 1 N–H and O–H groups in total. The van der Waals surface area contributed by atoms with Gasteiger partial charge in [-0.3, -0.25) is 0 Å². The topological polar surface area (TPSA) is 59.4 Å². The monoisotopic (exact) mass is 209 g/mol. The first-order valence-electron chi connectivity index (χ1n) is 3.89. The van der Waals surface area contributed by atoms with Gasteiger partial charge in [-0.1, -0.05) is 0 Å². The highest BCUT2D eigenvalue weighted by Crippen LogP contribution is 2.25. The number of aromatic nitrogens is 1. The Balaban J connectivity index is 2.65. The molecule has 0 aliphatic carbocycles. The van der Waals surface area contributed by atoms with E-state index < -0.39 is 5.97 Å². The van der Waals surface area contributed by atoms with Crippen LogP contribution in [-0.4, -0.2) is 22.6 Å². The van der Waals surface area contributed by atoms with Crippen molar-refractivity contribution in [2.75, 3.05) is 7.11 Å². The zero-order valence-corrected chi connectivity index (χ0v) is 8.17. The number of nitrogens with zero attached hydrogens (tertiary/aromatic N) is 1. The molecule has 1 heterocycles. The highest BCUT2D eigenvalue weighted by molar-refractivity contribution is 7.09. The molecule has 0 aliphatic heterocycles. The summed E-state index contributed by atoms with van der Waals surface area (Å²) in [5.74, 6) is -0.262. The second-order valence-electron chi connectivity index (χ2n) is 2.70. The highest BCUT2D eigenvalue weighted by atomic mass is 32.1. The van der Waals surface area contributed by atoms with Gasteiger partial charge in [0.2, 0.25) is 0 Å². The number of ether oxygens (including phenoxy) is 1. The Kier molecular flexibility index (Phi) is 2.09. The SMILES string of the molecule is COc1ccc2c(C(=O)O)snc2c1. The maximum Gasteiger partial charge on any atom is 0.348 e. The minimum absolute atomic E-state index is 0.266. The van der Waals surface area contributed by atoms with E-state index in [1.54, 1.807) is 25.3 Å². The number of methoxy groups -OCH3 is 1. The first-order valence-corrected chi connectivity index (χ1v) is 4.66. The van der Waals surface area contributed by atoms with Gasteiger partial charge in [-0.05, 0) is 23.7 Å². The molecule has 2 aromatic rings. The average Bonchev–Trinajstić information content (AvgIpc) is 2.59. The third kappa shape index (κ3) is 1.31. The van der Waals surface area contributed by atoms with Crippen molar-refractivity contribution in [2.24, 2.45) is 0 Å². The van der Waals surface area contributed by atoms with Crippen molar-refractivity contribution in [1.29, 1.82) is 0 Å². The summed E-state index contributed by atoms with van der Waals surface area (Å²) in [5.41, 5.74) is 0.659. The fourth-order valence-electron chi connectivity index (χ4n) is 1.20. The molecule has 2 rings (SSSR count). The molecule has 0 amide bonds. The number of benzene rings is 1. The van der Waals surface area contributed by atoms with Crippen molar-refractivity contribution < 1.29 is 14.6 Å². The van der Waals surface area contributed by atoms with Gasteiger partial charge in [-0.25, -0.2) is 4.79 Å². The smallest absolute Gasteiger partial charge is 0.348 e. The Morgan fingerprint density at radius 2 is 2.36 bits per heavy atom. The van der Waals surface area contributed by atoms with E-state index in [2.05, 4.69) is 4.37 Å². The molecular formula is C9H7NO3S. The molecule has 72 valence electrons. The zero-order valence-electron chi connectivity index (χ0n) is 7.35. The minimum atomic E-state index is -0.942. The van der Waals surface area contributed by atoms with Crippen LogP contribution in [0.1, 0.15) is 9.67 Å². The van der Waals surface area contributed by atoms with Gasteiger partial charge in [-0.15, -0.1) is 0 Å². The van der Waals surface area contributed by atoms with Gasteiger partial charge in [-0.2, -0.15) is 4.37 Å². The summed E-state index contributed by atoms with van der Waals surface area (Å²) in [6.07, 6.45) is 0. The highest BCUT2D eigenvalue weighted by Gasteiger charge is 2.12. The molecule has 0 atom stereocenters. The van der Waals surface area contributed by atoms with Gasteiger partial charge in [0.25, 0.3) is 0 Å². The predicted octanol–water partition coefficient (Wildman–Crippen LogP) is 2.00. The zero-order chi connectivity index (χ0) is 10.1. The number of rotatable bonds is 2. The quantitative estimate of drug-likeness (QED) is 0.821. The molecular weight excluding hydrogens is 202 g/mol. The maximum absolute atomic E-state index is 10.8. The summed E-state index contributed by atoms with van der Waals surface area (Å²) in [6, 6.07) is 5.16. The van der Waals surface area contributed by atoms with Gasteiger partial charge < -0.3 is 9.84 Å². The van der Waals surface area contributed by atoms with E-state index in [0.29, 0.717) is 16.7 Å². The van der Waals surface area contributed by atoms with Crippen molar-refractivity contribution in [3.05, 3.63) is 23.1 Å². The lowest BCUT2D eigenvalue weighted by atomic mass is 10.2. The molecule has 0 fully saturated rings. The van der Waals surface area contributed by atoms with Gasteiger partial charge in [0.05, 0.1) is 12.6 Å². The van der Waals surface area contributed by atoms with Crippen LogP contribution in [0.4, 0.5) is 0 Å². The van der Waals surface area contributed by atoms with Crippen molar-refractivity contribution in [3.63, 3.8) is 0 Å². The summed E-state index contributed by atoms with van der Waals surface area (Å²) >= 11 is 0.985. The number of hydrogen-bond donors (Lipinski definition) is 1. The molecule has 0 saturated heterocycles. The number of carboxylic acid groups (broad SMARTS) is 1. The van der Waals surface area contributed by atoms with Crippen molar-refractivity contribution in [3.8, 4) is 5.75 Å². The Morgan fingerprint density at radius 3 is 3.00 bits per heavy atom. The minimum Gasteiger partial charge on any atom is -0.497 e. The third-order valence-electron chi connectivity index (χ3n) is 1.88. The van der Waals surface area contributed by atoms with Crippen LogP contribution in [0, 0.1) is 0 Å². The Hall–Kier alpha value is -1.62. The van der Waals surface area contributed by atoms with Crippen LogP contribution in [0.5, 0.6) is 5.75 Å². The number of carboxylic acids is 1. The fraction of sp³-hybridized carbons (Fsp3) is 0.111. The van der Waals surface area contributed by atoms with E-state index in [-0.39, 0.29) is 4.88 Å². The molecule has 5 heteroatoms. The lowest BCUT2D eigenvalue weighted by Gasteiger charge is -1.97. The normalized spacial score (nSPS) is 10.4. The Morgan fingerprint density at radius 1 is 1.57 bits per heavy atom. The first kappa shape index (κ1) is 8.96. The van der Waals surface area contributed by atoms with Crippen LogP contribution in [0.25, 0.3) is 10.9 Å². The molecule has 0 saturated carbocycles.